The molecule has 1 fully saturated rings. The minimum Gasteiger partial charge on any atom is -0.336 e. The minimum absolute atomic E-state index is 0.0907. The molecule has 0 aliphatic carbocycles. The largest absolute Gasteiger partial charge is 0.336 e. The highest BCUT2D eigenvalue weighted by atomic mass is 79.9. The molecule has 4 rings (SSSR count). The second kappa shape index (κ2) is 7.17. The number of aromatic nitrogens is 1. The highest BCUT2D eigenvalue weighted by Crippen LogP contribution is 2.27. The molecule has 0 radical (unpaired) electrons. The Labute approximate surface area is 161 Å². The van der Waals surface area contributed by atoms with Crippen molar-refractivity contribution < 1.29 is 4.79 Å². The molecule has 3 aromatic rings. The molecule has 0 bridgehead atoms. The van der Waals surface area contributed by atoms with Crippen molar-refractivity contribution in [2.24, 2.45) is 0 Å². The van der Waals surface area contributed by atoms with Crippen LogP contribution in [0.4, 0.5) is 0 Å². The molecular weight excluding hydrogens is 390 g/mol. The summed E-state index contributed by atoms with van der Waals surface area (Å²) in [6.07, 6.45) is 0. The minimum atomic E-state index is 0.0907. The normalized spacial score (nSPS) is 15.4. The zero-order valence-electron chi connectivity index (χ0n) is 14.7. The Bertz CT molecular complexity index is 964. The van der Waals surface area contributed by atoms with Crippen molar-refractivity contribution >= 4 is 32.7 Å². The topological polar surface area (TPSA) is 36.4 Å². The molecule has 1 aliphatic rings. The number of para-hydroxylation sites is 1. The summed E-state index contributed by atoms with van der Waals surface area (Å²) in [4.78, 5) is 22.2. The zero-order valence-corrected chi connectivity index (χ0v) is 16.2. The second-order valence-corrected chi connectivity index (χ2v) is 7.59. The summed E-state index contributed by atoms with van der Waals surface area (Å²) in [7, 11) is 2.09. The van der Waals surface area contributed by atoms with Gasteiger partial charge in [0.2, 0.25) is 0 Å². The number of amides is 1. The van der Waals surface area contributed by atoms with E-state index in [4.69, 9.17) is 4.98 Å². The third-order valence-corrected chi connectivity index (χ3v) is 5.35. The van der Waals surface area contributed by atoms with Crippen LogP contribution in [0, 0.1) is 0 Å². The Balaban J connectivity index is 1.81. The van der Waals surface area contributed by atoms with Gasteiger partial charge in [-0.15, -0.1) is 0 Å². The molecule has 0 unspecified atom stereocenters. The smallest absolute Gasteiger partial charge is 0.254 e. The number of hydrogen-bond donors (Lipinski definition) is 0. The molecule has 0 saturated carbocycles. The van der Waals surface area contributed by atoms with Gasteiger partial charge in [-0.25, -0.2) is 4.98 Å². The van der Waals surface area contributed by atoms with Gasteiger partial charge in [0.25, 0.3) is 5.91 Å². The lowest BCUT2D eigenvalue weighted by Gasteiger charge is -2.32. The van der Waals surface area contributed by atoms with E-state index in [-0.39, 0.29) is 5.91 Å². The molecule has 1 saturated heterocycles. The number of fused-ring (bicyclic) bond motifs is 1. The van der Waals surface area contributed by atoms with E-state index >= 15 is 0 Å². The van der Waals surface area contributed by atoms with Gasteiger partial charge in [-0.3, -0.25) is 4.79 Å². The first-order valence-corrected chi connectivity index (χ1v) is 9.55. The highest BCUT2D eigenvalue weighted by molar-refractivity contribution is 9.10. The van der Waals surface area contributed by atoms with Crippen LogP contribution in [-0.2, 0) is 0 Å². The quantitative estimate of drug-likeness (QED) is 0.640. The van der Waals surface area contributed by atoms with Gasteiger partial charge < -0.3 is 9.80 Å². The van der Waals surface area contributed by atoms with E-state index in [0.29, 0.717) is 0 Å². The average molecular weight is 410 g/mol. The maximum Gasteiger partial charge on any atom is 0.254 e. The number of carbonyl (C=O) groups is 1. The maximum atomic E-state index is 13.2. The number of benzene rings is 2. The SMILES string of the molecule is CN1CCN(C(=O)c2cc(-c3cccc(Br)c3)nc3ccccc23)CC1. The molecule has 0 N–H and O–H groups in total. The number of halogens is 1. The number of nitrogens with zero attached hydrogens (tertiary/aromatic N) is 3. The number of hydrogen-bond acceptors (Lipinski definition) is 3. The van der Waals surface area contributed by atoms with Crippen LogP contribution in [0.1, 0.15) is 10.4 Å². The van der Waals surface area contributed by atoms with E-state index in [1.807, 2.05) is 59.5 Å². The van der Waals surface area contributed by atoms with E-state index < -0.39 is 0 Å². The number of likely N-dealkylation sites (N-methyl/N-ethyl adjacent to an activating group) is 1. The Morgan fingerprint density at radius 2 is 1.77 bits per heavy atom. The number of rotatable bonds is 2. The van der Waals surface area contributed by atoms with E-state index in [9.17, 15) is 4.79 Å². The van der Waals surface area contributed by atoms with E-state index in [2.05, 4.69) is 27.9 Å². The first-order valence-electron chi connectivity index (χ1n) is 8.75. The third kappa shape index (κ3) is 3.37. The lowest BCUT2D eigenvalue weighted by atomic mass is 10.0. The summed E-state index contributed by atoms with van der Waals surface area (Å²) in [5.41, 5.74) is 3.40. The molecular formula is C21H20BrN3O. The van der Waals surface area contributed by atoms with Gasteiger partial charge >= 0.3 is 0 Å². The molecule has 0 spiro atoms. The second-order valence-electron chi connectivity index (χ2n) is 6.68. The summed E-state index contributed by atoms with van der Waals surface area (Å²) >= 11 is 3.52. The molecule has 1 aliphatic heterocycles. The monoisotopic (exact) mass is 409 g/mol. The fourth-order valence-corrected chi connectivity index (χ4v) is 3.73. The van der Waals surface area contributed by atoms with Gasteiger partial charge in [-0.2, -0.15) is 0 Å². The maximum absolute atomic E-state index is 13.2. The van der Waals surface area contributed by atoms with Crippen LogP contribution in [0.2, 0.25) is 0 Å². The fourth-order valence-electron chi connectivity index (χ4n) is 3.33. The Hall–Kier alpha value is -2.24. The van der Waals surface area contributed by atoms with Crippen molar-refractivity contribution in [3.8, 4) is 11.3 Å². The molecule has 0 atom stereocenters. The van der Waals surface area contributed by atoms with Gasteiger partial charge in [-0.1, -0.05) is 46.3 Å². The van der Waals surface area contributed by atoms with Crippen molar-refractivity contribution in [3.05, 3.63) is 64.6 Å². The summed E-state index contributed by atoms with van der Waals surface area (Å²) in [5.74, 6) is 0.0907. The number of piperazine rings is 1. The molecule has 132 valence electrons. The number of carbonyl (C=O) groups excluding carboxylic acids is 1. The van der Waals surface area contributed by atoms with Crippen LogP contribution >= 0.6 is 15.9 Å². The highest BCUT2D eigenvalue weighted by Gasteiger charge is 2.23. The van der Waals surface area contributed by atoms with E-state index in [1.54, 1.807) is 0 Å². The standard InChI is InChI=1S/C21H20BrN3O/c1-24-9-11-25(12-10-24)21(26)18-14-20(15-5-4-6-16(22)13-15)23-19-8-3-2-7-17(18)19/h2-8,13-14H,9-12H2,1H3. The van der Waals surface area contributed by atoms with Crippen molar-refractivity contribution in [1.29, 1.82) is 0 Å². The van der Waals surface area contributed by atoms with Crippen molar-refractivity contribution in [2.45, 2.75) is 0 Å². The molecule has 4 nitrogen and oxygen atoms in total. The van der Waals surface area contributed by atoms with Crippen molar-refractivity contribution in [2.75, 3.05) is 33.2 Å². The van der Waals surface area contributed by atoms with Gasteiger partial charge in [-0.05, 0) is 31.3 Å². The van der Waals surface area contributed by atoms with Crippen LogP contribution < -0.4 is 0 Å². The fraction of sp³-hybridized carbons (Fsp3) is 0.238. The van der Waals surface area contributed by atoms with E-state index in [1.165, 1.54) is 0 Å². The van der Waals surface area contributed by atoms with Crippen LogP contribution in [-0.4, -0.2) is 53.9 Å². The summed E-state index contributed by atoms with van der Waals surface area (Å²) in [6.45, 7) is 3.34. The Kier molecular flexibility index (Phi) is 4.74. The van der Waals surface area contributed by atoms with Crippen molar-refractivity contribution in [3.63, 3.8) is 0 Å². The predicted molar refractivity (Wildman–Crippen MR) is 108 cm³/mol. The van der Waals surface area contributed by atoms with Gasteiger partial charge in [0.15, 0.2) is 0 Å². The Morgan fingerprint density at radius 1 is 1.00 bits per heavy atom. The summed E-state index contributed by atoms with van der Waals surface area (Å²) < 4.78 is 0.997. The molecule has 1 aromatic heterocycles. The van der Waals surface area contributed by atoms with Crippen LogP contribution in [0.15, 0.2) is 59.1 Å². The van der Waals surface area contributed by atoms with Crippen LogP contribution in [0.3, 0.4) is 0 Å². The third-order valence-electron chi connectivity index (χ3n) is 4.86. The molecule has 2 heterocycles. The first-order chi connectivity index (χ1) is 12.6. The average Bonchev–Trinajstić information content (AvgIpc) is 2.67. The van der Waals surface area contributed by atoms with Crippen molar-refractivity contribution in [1.82, 2.24) is 14.8 Å². The molecule has 2 aromatic carbocycles. The van der Waals surface area contributed by atoms with Crippen LogP contribution in [0.5, 0.6) is 0 Å². The lowest BCUT2D eigenvalue weighted by Crippen LogP contribution is -2.47. The zero-order chi connectivity index (χ0) is 18.1. The summed E-state index contributed by atoms with van der Waals surface area (Å²) in [5, 5.41) is 0.912. The van der Waals surface area contributed by atoms with E-state index in [0.717, 1.165) is 58.4 Å². The molecule has 5 heteroatoms. The predicted octanol–water partition coefficient (Wildman–Crippen LogP) is 4.05. The first kappa shape index (κ1) is 17.2. The molecule has 1 amide bonds. The van der Waals surface area contributed by atoms with Gasteiger partial charge in [0.05, 0.1) is 16.8 Å². The van der Waals surface area contributed by atoms with Gasteiger partial charge in [0, 0.05) is 41.6 Å². The summed E-state index contributed by atoms with van der Waals surface area (Å²) in [6, 6.07) is 17.8. The Morgan fingerprint density at radius 3 is 2.54 bits per heavy atom. The van der Waals surface area contributed by atoms with Gasteiger partial charge in [0.1, 0.15) is 0 Å². The molecule has 26 heavy (non-hydrogen) atoms. The van der Waals surface area contributed by atoms with Crippen LogP contribution in [0.25, 0.3) is 22.2 Å². The lowest BCUT2D eigenvalue weighted by molar-refractivity contribution is 0.0666. The number of pyridine rings is 1.